The zero-order chi connectivity index (χ0) is 32.3. The zero-order valence-corrected chi connectivity index (χ0v) is 26.3. The van der Waals surface area contributed by atoms with Crippen molar-refractivity contribution in [3.05, 3.63) is 91.5 Å². The Morgan fingerprint density at radius 1 is 0.886 bits per heavy atom. The Labute approximate surface area is 261 Å². The van der Waals surface area contributed by atoms with E-state index < -0.39 is 11.9 Å². The number of allylic oxidation sites excluding steroid dienone is 2. The highest BCUT2D eigenvalue weighted by molar-refractivity contribution is 7.83. The van der Waals surface area contributed by atoms with Crippen LogP contribution in [0.1, 0.15) is 71.7 Å². The highest BCUT2D eigenvalue weighted by atomic mass is 32.1. The van der Waals surface area contributed by atoms with E-state index in [1.165, 1.54) is 0 Å². The van der Waals surface area contributed by atoms with Crippen molar-refractivity contribution in [2.75, 3.05) is 0 Å². The van der Waals surface area contributed by atoms with Gasteiger partial charge in [0.1, 0.15) is 0 Å². The molecule has 2 amide bonds. The lowest BCUT2D eigenvalue weighted by molar-refractivity contribution is -0.138. The van der Waals surface area contributed by atoms with Crippen LogP contribution in [0.4, 0.5) is 0 Å². The SMILES string of the molecule is C=CC1=C(C)[C@H](Cc2[nH]c(Cc3[nH]c(CC4=NC(=O)C(C)=C4/C=C/S)c(C)c3CCC(=O)O)c(CCC(=O)O)c2C)NC1=O. The topological polar surface area (TPSA) is 165 Å². The number of nitrogens with one attached hydrogen (secondary N) is 3. The number of amides is 2. The number of aliphatic imine (C=N–C) groups is 1. The number of aromatic nitrogens is 2. The fourth-order valence-electron chi connectivity index (χ4n) is 6.09. The molecule has 11 heteroatoms. The Morgan fingerprint density at radius 3 is 1.98 bits per heavy atom. The summed E-state index contributed by atoms with van der Waals surface area (Å²) >= 11 is 4.17. The molecule has 232 valence electrons. The highest BCUT2D eigenvalue weighted by Gasteiger charge is 2.29. The third-order valence-corrected chi connectivity index (χ3v) is 8.79. The van der Waals surface area contributed by atoms with E-state index in [9.17, 15) is 29.4 Å². The molecule has 0 fully saturated rings. The number of hydrogen-bond donors (Lipinski definition) is 6. The number of rotatable bonds is 14. The zero-order valence-electron chi connectivity index (χ0n) is 25.4. The molecular weight excluding hydrogens is 580 g/mol. The quantitative estimate of drug-likeness (QED) is 0.172. The number of thiol groups is 1. The molecule has 4 rings (SSSR count). The Kier molecular flexibility index (Phi) is 9.98. The Bertz CT molecular complexity index is 1680. The van der Waals surface area contributed by atoms with E-state index in [0.29, 0.717) is 49.0 Å². The van der Waals surface area contributed by atoms with Crippen LogP contribution >= 0.6 is 12.6 Å². The van der Waals surface area contributed by atoms with Gasteiger partial charge in [0.15, 0.2) is 0 Å². The molecule has 0 bridgehead atoms. The van der Waals surface area contributed by atoms with Gasteiger partial charge in [-0.1, -0.05) is 12.7 Å². The lowest BCUT2D eigenvalue weighted by atomic mass is 9.96. The van der Waals surface area contributed by atoms with Gasteiger partial charge in [-0.3, -0.25) is 19.2 Å². The van der Waals surface area contributed by atoms with Crippen LogP contribution in [0.25, 0.3) is 0 Å². The molecule has 44 heavy (non-hydrogen) atoms. The molecule has 2 aliphatic rings. The van der Waals surface area contributed by atoms with Gasteiger partial charge in [0.25, 0.3) is 11.8 Å². The molecule has 0 aliphatic carbocycles. The number of carbonyl (C=O) groups is 4. The van der Waals surface area contributed by atoms with E-state index in [4.69, 9.17) is 0 Å². The van der Waals surface area contributed by atoms with Crippen molar-refractivity contribution in [2.45, 2.75) is 78.7 Å². The van der Waals surface area contributed by atoms with Crippen molar-refractivity contribution in [1.29, 1.82) is 0 Å². The summed E-state index contributed by atoms with van der Waals surface area (Å²) in [5.41, 5.74) is 10.3. The first-order chi connectivity index (χ1) is 20.9. The summed E-state index contributed by atoms with van der Waals surface area (Å²) in [6, 6.07) is -0.217. The Morgan fingerprint density at radius 2 is 1.45 bits per heavy atom. The van der Waals surface area contributed by atoms with Crippen LogP contribution in [-0.4, -0.2) is 55.7 Å². The molecule has 1 atom stereocenters. The van der Waals surface area contributed by atoms with Gasteiger partial charge in [-0.15, -0.1) is 0 Å². The number of H-pyrrole nitrogens is 2. The summed E-state index contributed by atoms with van der Waals surface area (Å²) in [5.74, 6) is -2.28. The second kappa shape index (κ2) is 13.5. The molecule has 0 saturated heterocycles. The van der Waals surface area contributed by atoms with E-state index in [-0.39, 0.29) is 30.7 Å². The minimum atomic E-state index is -0.912. The minimum absolute atomic E-state index is 0.0489. The van der Waals surface area contributed by atoms with E-state index >= 15 is 0 Å². The maximum absolute atomic E-state index is 12.4. The Hall–Kier alpha value is -4.38. The van der Waals surface area contributed by atoms with Crippen LogP contribution in [-0.2, 0) is 51.3 Å². The minimum Gasteiger partial charge on any atom is -0.481 e. The van der Waals surface area contributed by atoms with Crippen molar-refractivity contribution in [2.24, 2.45) is 4.99 Å². The first kappa shape index (κ1) is 32.5. The van der Waals surface area contributed by atoms with E-state index in [1.807, 2.05) is 20.8 Å². The van der Waals surface area contributed by atoms with Gasteiger partial charge in [-0.05, 0) is 79.8 Å². The number of aromatic amines is 2. The molecule has 2 aromatic rings. The monoisotopic (exact) mass is 618 g/mol. The first-order valence-corrected chi connectivity index (χ1v) is 15.0. The molecular formula is C33H38N4O6S. The number of carboxylic acid groups (broad SMARTS) is 2. The number of nitrogens with zero attached hydrogens (tertiary/aromatic N) is 1. The maximum atomic E-state index is 12.4. The molecule has 0 unspecified atom stereocenters. The second-order valence-corrected chi connectivity index (χ2v) is 11.6. The van der Waals surface area contributed by atoms with Crippen LogP contribution in [0.2, 0.25) is 0 Å². The lowest BCUT2D eigenvalue weighted by Gasteiger charge is -2.12. The fraction of sp³-hybridized carbons (Fsp3) is 0.364. The summed E-state index contributed by atoms with van der Waals surface area (Å²) in [6.45, 7) is 11.3. The van der Waals surface area contributed by atoms with Gasteiger partial charge in [0.2, 0.25) is 0 Å². The van der Waals surface area contributed by atoms with Crippen LogP contribution in [0.5, 0.6) is 0 Å². The number of carbonyl (C=O) groups excluding carboxylic acids is 2. The third kappa shape index (κ3) is 6.72. The molecule has 5 N–H and O–H groups in total. The Balaban J connectivity index is 1.73. The molecule has 0 radical (unpaired) electrons. The predicted molar refractivity (Wildman–Crippen MR) is 171 cm³/mol. The molecule has 0 spiro atoms. The van der Waals surface area contributed by atoms with E-state index in [2.05, 4.69) is 39.5 Å². The molecule has 4 heterocycles. The van der Waals surface area contributed by atoms with Gasteiger partial charge >= 0.3 is 11.9 Å². The van der Waals surface area contributed by atoms with Gasteiger partial charge in [0, 0.05) is 71.6 Å². The van der Waals surface area contributed by atoms with Gasteiger partial charge in [0.05, 0.1) is 11.8 Å². The standard InChI is InChI=1S/C33H38N4O6S/c1-6-20-16(2)26(36-33(20)43)13-24-17(3)21(7-9-30(38)39)27(34-24)15-28-22(8-10-31(40)41)18(4)25(35-28)14-29-23(11-12-44)19(5)32(42)37-29/h6,11-12,26,34-35,44H,1,7-10,13-15H2,2-5H3,(H,36,43)(H,38,39)(H,40,41)/b12-11+/t26-/m0/s1. The van der Waals surface area contributed by atoms with Gasteiger partial charge in [-0.25, -0.2) is 4.99 Å². The third-order valence-electron chi connectivity index (χ3n) is 8.64. The summed E-state index contributed by atoms with van der Waals surface area (Å²) in [7, 11) is 0. The average molecular weight is 619 g/mol. The summed E-state index contributed by atoms with van der Waals surface area (Å²) in [4.78, 5) is 59.1. The molecule has 0 saturated carbocycles. The number of carboxylic acids is 2. The maximum Gasteiger partial charge on any atom is 0.303 e. The molecule has 2 aromatic heterocycles. The largest absolute Gasteiger partial charge is 0.481 e. The molecule has 2 aliphatic heterocycles. The summed E-state index contributed by atoms with van der Waals surface area (Å²) in [5, 5.41) is 23.5. The average Bonchev–Trinajstić information content (AvgIpc) is 3.60. The summed E-state index contributed by atoms with van der Waals surface area (Å²) in [6.07, 6.45) is 5.05. The van der Waals surface area contributed by atoms with Crippen LogP contribution in [0, 0.1) is 13.8 Å². The highest BCUT2D eigenvalue weighted by Crippen LogP contribution is 2.30. The van der Waals surface area contributed by atoms with Gasteiger partial charge in [-0.2, -0.15) is 12.6 Å². The first-order valence-electron chi connectivity index (χ1n) is 14.5. The number of hydrogen-bond acceptors (Lipinski definition) is 5. The predicted octanol–water partition coefficient (Wildman–Crippen LogP) is 4.41. The molecule has 10 nitrogen and oxygen atoms in total. The van der Waals surface area contributed by atoms with Crippen LogP contribution in [0.15, 0.2) is 51.4 Å². The summed E-state index contributed by atoms with van der Waals surface area (Å²) < 4.78 is 0. The van der Waals surface area contributed by atoms with Gasteiger partial charge < -0.3 is 25.5 Å². The van der Waals surface area contributed by atoms with E-state index in [1.54, 1.807) is 24.5 Å². The van der Waals surface area contributed by atoms with Crippen molar-refractivity contribution >= 4 is 42.1 Å². The molecule has 0 aromatic carbocycles. The lowest BCUT2D eigenvalue weighted by Crippen LogP contribution is -2.30. The van der Waals surface area contributed by atoms with Crippen molar-refractivity contribution in [3.8, 4) is 0 Å². The van der Waals surface area contributed by atoms with Crippen LogP contribution < -0.4 is 5.32 Å². The van der Waals surface area contributed by atoms with Crippen molar-refractivity contribution in [3.63, 3.8) is 0 Å². The fourth-order valence-corrected chi connectivity index (χ4v) is 6.24. The van der Waals surface area contributed by atoms with Crippen molar-refractivity contribution < 1.29 is 29.4 Å². The number of aliphatic carboxylic acids is 2. The smallest absolute Gasteiger partial charge is 0.303 e. The van der Waals surface area contributed by atoms with E-state index in [0.717, 1.165) is 56.2 Å². The van der Waals surface area contributed by atoms with Crippen LogP contribution in [0.3, 0.4) is 0 Å². The normalized spacial score (nSPS) is 16.8. The van der Waals surface area contributed by atoms with Crippen molar-refractivity contribution in [1.82, 2.24) is 15.3 Å². The second-order valence-electron chi connectivity index (χ2n) is 11.3.